The van der Waals surface area contributed by atoms with Crippen molar-refractivity contribution in [3.8, 4) is 5.75 Å². The van der Waals surface area contributed by atoms with Gasteiger partial charge in [-0.2, -0.15) is 0 Å². The van der Waals surface area contributed by atoms with Crippen LogP contribution in [0.5, 0.6) is 5.75 Å². The van der Waals surface area contributed by atoms with Gasteiger partial charge >= 0.3 is 5.69 Å². The monoisotopic (exact) mass is 258 g/mol. The lowest BCUT2D eigenvalue weighted by Gasteiger charge is -2.11. The van der Waals surface area contributed by atoms with Gasteiger partial charge in [0.25, 0.3) is 0 Å². The van der Waals surface area contributed by atoms with E-state index in [4.69, 9.17) is 4.74 Å². The largest absolute Gasteiger partial charge is 0.490 e. The van der Waals surface area contributed by atoms with Gasteiger partial charge in [0.05, 0.1) is 12.0 Å². The third-order valence-electron chi connectivity index (χ3n) is 2.86. The van der Waals surface area contributed by atoms with Crippen LogP contribution in [0.3, 0.4) is 0 Å². The van der Waals surface area contributed by atoms with Crippen LogP contribution in [0, 0.1) is 10.1 Å². The maximum atomic E-state index is 10.9. The van der Waals surface area contributed by atoms with Gasteiger partial charge in [0.15, 0.2) is 5.75 Å². The molecule has 0 bridgehead atoms. The summed E-state index contributed by atoms with van der Waals surface area (Å²) in [7, 11) is 1.44. The highest BCUT2D eigenvalue weighted by molar-refractivity contribution is 5.85. The van der Waals surface area contributed by atoms with Crippen LogP contribution in [0.1, 0.15) is 24.4 Å². The van der Waals surface area contributed by atoms with Gasteiger partial charge in [-0.25, -0.2) is 0 Å². The number of hydrogen-bond acceptors (Lipinski definition) is 4. The summed E-state index contributed by atoms with van der Waals surface area (Å²) < 4.78 is 4.96. The number of nitrogens with one attached hydrogen (secondary N) is 1. The van der Waals surface area contributed by atoms with Crippen molar-refractivity contribution in [1.82, 2.24) is 5.32 Å². The lowest BCUT2D eigenvalue weighted by Crippen LogP contribution is -2.13. The average molecular weight is 259 g/mol. The summed E-state index contributed by atoms with van der Waals surface area (Å²) in [5.41, 5.74) is 0.999. The molecule has 0 spiro atoms. The predicted octanol–water partition coefficient (Wildman–Crippen LogP) is 2.45. The standard InChI is InChI=1S/C11H14N2O3.ClH/c1-16-11-5-4-8(7-10(11)13(14)15)9-3-2-6-12-9;/h4-5,7,9,12H,2-3,6H2,1H3;1H/t9-;/m0./s1. The van der Waals surface area contributed by atoms with Crippen LogP contribution in [0.4, 0.5) is 5.69 Å². The lowest BCUT2D eigenvalue weighted by molar-refractivity contribution is -0.385. The predicted molar refractivity (Wildman–Crippen MR) is 66.9 cm³/mol. The minimum atomic E-state index is -0.405. The van der Waals surface area contributed by atoms with Gasteiger partial charge in [0.2, 0.25) is 0 Å². The van der Waals surface area contributed by atoms with Crippen LogP contribution in [0.25, 0.3) is 0 Å². The van der Waals surface area contributed by atoms with E-state index in [2.05, 4.69) is 5.32 Å². The van der Waals surface area contributed by atoms with Crippen molar-refractivity contribution < 1.29 is 9.66 Å². The smallest absolute Gasteiger partial charge is 0.311 e. The van der Waals surface area contributed by atoms with E-state index < -0.39 is 4.92 Å². The van der Waals surface area contributed by atoms with Crippen LogP contribution in [-0.2, 0) is 0 Å². The minimum Gasteiger partial charge on any atom is -0.490 e. The van der Waals surface area contributed by atoms with Crippen molar-refractivity contribution in [2.24, 2.45) is 0 Å². The zero-order chi connectivity index (χ0) is 11.5. The molecule has 0 unspecified atom stereocenters. The van der Waals surface area contributed by atoms with Gasteiger partial charge in [-0.1, -0.05) is 6.07 Å². The molecule has 1 aliphatic heterocycles. The first-order chi connectivity index (χ1) is 7.72. The van der Waals surface area contributed by atoms with Crippen LogP contribution >= 0.6 is 12.4 Å². The topological polar surface area (TPSA) is 64.4 Å². The molecule has 1 atom stereocenters. The summed E-state index contributed by atoms with van der Waals surface area (Å²) in [6.07, 6.45) is 2.15. The Bertz CT molecular complexity index is 406. The molecule has 0 radical (unpaired) electrons. The molecule has 94 valence electrons. The van der Waals surface area contributed by atoms with Crippen LogP contribution in [-0.4, -0.2) is 18.6 Å². The Morgan fingerprint density at radius 3 is 2.82 bits per heavy atom. The number of methoxy groups -OCH3 is 1. The molecule has 1 aromatic carbocycles. The number of nitro benzene ring substituents is 1. The van der Waals surface area contributed by atoms with E-state index in [9.17, 15) is 10.1 Å². The zero-order valence-electron chi connectivity index (χ0n) is 9.51. The third kappa shape index (κ3) is 2.87. The Morgan fingerprint density at radius 1 is 1.53 bits per heavy atom. The van der Waals surface area contributed by atoms with Gasteiger partial charge in [0, 0.05) is 12.1 Å². The Balaban J connectivity index is 0.00000144. The summed E-state index contributed by atoms with van der Waals surface area (Å²) in [5, 5.41) is 14.2. The highest BCUT2D eigenvalue weighted by Crippen LogP contribution is 2.32. The Labute approximate surface area is 106 Å². The zero-order valence-corrected chi connectivity index (χ0v) is 10.3. The van der Waals surface area contributed by atoms with Crippen molar-refractivity contribution >= 4 is 18.1 Å². The molecule has 5 nitrogen and oxygen atoms in total. The second kappa shape index (κ2) is 5.84. The van der Waals surface area contributed by atoms with E-state index >= 15 is 0 Å². The first-order valence-electron chi connectivity index (χ1n) is 5.28. The molecule has 0 saturated carbocycles. The van der Waals surface area contributed by atoms with E-state index in [1.54, 1.807) is 12.1 Å². The summed E-state index contributed by atoms with van der Waals surface area (Å²) in [4.78, 5) is 10.4. The van der Waals surface area contributed by atoms with Gasteiger partial charge in [-0.3, -0.25) is 10.1 Å². The molecule has 0 aromatic heterocycles. The van der Waals surface area contributed by atoms with E-state index in [1.165, 1.54) is 7.11 Å². The molecule has 0 amide bonds. The van der Waals surface area contributed by atoms with E-state index in [0.717, 1.165) is 24.9 Å². The van der Waals surface area contributed by atoms with E-state index in [0.29, 0.717) is 5.75 Å². The summed E-state index contributed by atoms with van der Waals surface area (Å²) in [5.74, 6) is 0.312. The number of halogens is 1. The van der Waals surface area contributed by atoms with Crippen LogP contribution in [0.15, 0.2) is 18.2 Å². The number of rotatable bonds is 3. The number of hydrogen-bond donors (Lipinski definition) is 1. The average Bonchev–Trinajstić information content (AvgIpc) is 2.81. The summed E-state index contributed by atoms with van der Waals surface area (Å²) in [6, 6.07) is 5.38. The first-order valence-corrected chi connectivity index (χ1v) is 5.28. The van der Waals surface area contributed by atoms with Crippen molar-refractivity contribution in [1.29, 1.82) is 0 Å². The number of nitrogens with zero attached hydrogens (tertiary/aromatic N) is 1. The molecule has 1 N–H and O–H groups in total. The molecule has 1 heterocycles. The summed E-state index contributed by atoms with van der Waals surface area (Å²) in [6.45, 7) is 0.977. The summed E-state index contributed by atoms with van der Waals surface area (Å²) >= 11 is 0. The van der Waals surface area contributed by atoms with Crippen molar-refractivity contribution in [2.75, 3.05) is 13.7 Å². The number of ether oxygens (including phenoxy) is 1. The third-order valence-corrected chi connectivity index (χ3v) is 2.86. The van der Waals surface area contributed by atoms with Crippen molar-refractivity contribution in [3.63, 3.8) is 0 Å². The molecule has 1 fully saturated rings. The molecular formula is C11H15ClN2O3. The molecule has 1 aromatic rings. The maximum Gasteiger partial charge on any atom is 0.311 e. The maximum absolute atomic E-state index is 10.9. The van der Waals surface area contributed by atoms with Crippen molar-refractivity contribution in [3.05, 3.63) is 33.9 Å². The normalized spacial score (nSPS) is 18.5. The second-order valence-corrected chi connectivity index (χ2v) is 3.84. The van der Waals surface area contributed by atoms with Gasteiger partial charge in [-0.05, 0) is 31.0 Å². The molecule has 6 heteroatoms. The molecule has 1 aliphatic rings. The van der Waals surface area contributed by atoms with E-state index in [-0.39, 0.29) is 24.1 Å². The quantitative estimate of drug-likeness (QED) is 0.668. The fraction of sp³-hybridized carbons (Fsp3) is 0.455. The fourth-order valence-electron chi connectivity index (χ4n) is 2.04. The fourth-order valence-corrected chi connectivity index (χ4v) is 2.04. The van der Waals surface area contributed by atoms with Gasteiger partial charge in [-0.15, -0.1) is 12.4 Å². The molecule has 1 saturated heterocycles. The molecule has 2 rings (SSSR count). The molecule has 17 heavy (non-hydrogen) atoms. The van der Waals surface area contributed by atoms with Crippen molar-refractivity contribution in [2.45, 2.75) is 18.9 Å². The Morgan fingerprint density at radius 2 is 2.29 bits per heavy atom. The Kier molecular flexibility index (Phi) is 4.72. The van der Waals surface area contributed by atoms with Crippen LogP contribution < -0.4 is 10.1 Å². The van der Waals surface area contributed by atoms with E-state index in [1.807, 2.05) is 6.07 Å². The van der Waals surface area contributed by atoms with Crippen LogP contribution in [0.2, 0.25) is 0 Å². The lowest BCUT2D eigenvalue weighted by atomic mass is 10.0. The second-order valence-electron chi connectivity index (χ2n) is 3.84. The Hall–Kier alpha value is -1.33. The first kappa shape index (κ1) is 13.7. The number of benzene rings is 1. The molecule has 0 aliphatic carbocycles. The minimum absolute atomic E-state index is 0. The van der Waals surface area contributed by atoms with Gasteiger partial charge < -0.3 is 10.1 Å². The molecular weight excluding hydrogens is 244 g/mol. The van der Waals surface area contributed by atoms with Gasteiger partial charge in [0.1, 0.15) is 0 Å². The highest BCUT2D eigenvalue weighted by Gasteiger charge is 2.21. The highest BCUT2D eigenvalue weighted by atomic mass is 35.5. The SMILES string of the molecule is COc1ccc([C@@H]2CCCN2)cc1[N+](=O)[O-].Cl. The number of nitro groups is 1.